The highest BCUT2D eigenvalue weighted by Crippen LogP contribution is 2.15. The Hall–Kier alpha value is -1.72. The zero-order valence-electron chi connectivity index (χ0n) is 10.6. The Labute approximate surface area is 106 Å². The third-order valence-corrected chi connectivity index (χ3v) is 2.61. The minimum Gasteiger partial charge on any atom is -0.389 e. The Bertz CT molecular complexity index is 531. The summed E-state index contributed by atoms with van der Waals surface area (Å²) in [5.74, 6) is 0.698. The van der Waals surface area contributed by atoms with E-state index in [-0.39, 0.29) is 0 Å². The lowest BCUT2D eigenvalue weighted by Gasteiger charge is -2.13. The number of aliphatic hydroxyl groups is 1. The standard InChI is InChI=1S/C13H17N3O2/c1-9-13(14-7-10(17)8-18-2)16-12-6-4-3-5-11(12)15-9/h3-6,10,17H,7-8H2,1-2H3,(H,14,16). The van der Waals surface area contributed by atoms with Crippen LogP contribution in [0.3, 0.4) is 0 Å². The average Bonchev–Trinajstić information content (AvgIpc) is 2.36. The number of methoxy groups -OCH3 is 1. The summed E-state index contributed by atoms with van der Waals surface area (Å²) in [7, 11) is 1.56. The van der Waals surface area contributed by atoms with E-state index in [1.807, 2.05) is 31.2 Å². The molecular formula is C13H17N3O2. The van der Waals surface area contributed by atoms with Crippen LogP contribution in [0, 0.1) is 6.92 Å². The van der Waals surface area contributed by atoms with Crippen LogP contribution in [0.15, 0.2) is 24.3 Å². The van der Waals surface area contributed by atoms with E-state index in [1.165, 1.54) is 0 Å². The predicted octanol–water partition coefficient (Wildman–Crippen LogP) is 1.36. The molecule has 0 bridgehead atoms. The maximum absolute atomic E-state index is 9.58. The first-order valence-corrected chi connectivity index (χ1v) is 5.85. The van der Waals surface area contributed by atoms with Crippen LogP contribution >= 0.6 is 0 Å². The first-order chi connectivity index (χ1) is 8.70. The van der Waals surface area contributed by atoms with Gasteiger partial charge >= 0.3 is 0 Å². The van der Waals surface area contributed by atoms with E-state index in [1.54, 1.807) is 7.11 Å². The van der Waals surface area contributed by atoms with Crippen molar-refractivity contribution in [1.82, 2.24) is 9.97 Å². The van der Waals surface area contributed by atoms with Gasteiger partial charge in [-0.2, -0.15) is 0 Å². The van der Waals surface area contributed by atoms with Crippen molar-refractivity contribution in [2.45, 2.75) is 13.0 Å². The molecule has 0 aliphatic rings. The normalized spacial score (nSPS) is 12.6. The number of aryl methyl sites for hydroxylation is 1. The number of para-hydroxylation sites is 2. The minimum absolute atomic E-state index is 0.299. The maximum Gasteiger partial charge on any atom is 0.148 e. The Kier molecular flexibility index (Phi) is 4.07. The first-order valence-electron chi connectivity index (χ1n) is 5.85. The molecule has 18 heavy (non-hydrogen) atoms. The van der Waals surface area contributed by atoms with Gasteiger partial charge in [0.25, 0.3) is 0 Å². The van der Waals surface area contributed by atoms with Crippen molar-refractivity contribution in [1.29, 1.82) is 0 Å². The summed E-state index contributed by atoms with van der Waals surface area (Å²) in [5.41, 5.74) is 2.53. The number of aromatic nitrogens is 2. The third-order valence-electron chi connectivity index (χ3n) is 2.61. The van der Waals surface area contributed by atoms with E-state index >= 15 is 0 Å². The fourth-order valence-corrected chi connectivity index (χ4v) is 1.72. The SMILES string of the molecule is COCC(O)CNc1nc2ccccc2nc1C. The van der Waals surface area contributed by atoms with Gasteiger partial charge in [0.05, 0.1) is 29.4 Å². The lowest BCUT2D eigenvalue weighted by Crippen LogP contribution is -2.24. The zero-order valence-corrected chi connectivity index (χ0v) is 10.6. The van der Waals surface area contributed by atoms with E-state index < -0.39 is 6.10 Å². The Balaban J connectivity index is 2.15. The summed E-state index contributed by atoms with van der Waals surface area (Å²) in [6.45, 7) is 2.58. The molecule has 0 aliphatic carbocycles. The molecule has 2 N–H and O–H groups in total. The Morgan fingerprint density at radius 3 is 2.61 bits per heavy atom. The highest BCUT2D eigenvalue weighted by atomic mass is 16.5. The van der Waals surface area contributed by atoms with Gasteiger partial charge in [0.2, 0.25) is 0 Å². The van der Waals surface area contributed by atoms with Crippen LogP contribution in [0.25, 0.3) is 11.0 Å². The molecule has 5 heteroatoms. The number of benzene rings is 1. The summed E-state index contributed by atoms with van der Waals surface area (Å²) >= 11 is 0. The fraction of sp³-hybridized carbons (Fsp3) is 0.385. The van der Waals surface area contributed by atoms with Gasteiger partial charge in [-0.3, -0.25) is 0 Å². The monoisotopic (exact) mass is 247 g/mol. The lowest BCUT2D eigenvalue weighted by atomic mass is 10.3. The molecule has 1 atom stereocenters. The van der Waals surface area contributed by atoms with E-state index in [4.69, 9.17) is 4.74 Å². The summed E-state index contributed by atoms with van der Waals surface area (Å²) in [5, 5.41) is 12.7. The first kappa shape index (κ1) is 12.7. The molecule has 1 aromatic heterocycles. The summed E-state index contributed by atoms with van der Waals surface area (Å²) in [4.78, 5) is 8.94. The van der Waals surface area contributed by atoms with Crippen LogP contribution in [0.5, 0.6) is 0 Å². The number of ether oxygens (including phenoxy) is 1. The van der Waals surface area contributed by atoms with Gasteiger partial charge in [-0.15, -0.1) is 0 Å². The van der Waals surface area contributed by atoms with Crippen molar-refractivity contribution in [3.8, 4) is 0 Å². The molecule has 0 saturated heterocycles. The molecule has 0 saturated carbocycles. The zero-order chi connectivity index (χ0) is 13.0. The predicted molar refractivity (Wildman–Crippen MR) is 70.6 cm³/mol. The number of aliphatic hydroxyl groups excluding tert-OH is 1. The highest BCUT2D eigenvalue weighted by Gasteiger charge is 2.07. The van der Waals surface area contributed by atoms with Crippen molar-refractivity contribution in [2.75, 3.05) is 25.6 Å². The van der Waals surface area contributed by atoms with Gasteiger partial charge in [0, 0.05) is 13.7 Å². The molecule has 0 radical (unpaired) electrons. The second kappa shape index (κ2) is 5.75. The van der Waals surface area contributed by atoms with Crippen LogP contribution < -0.4 is 5.32 Å². The topological polar surface area (TPSA) is 67.3 Å². The largest absolute Gasteiger partial charge is 0.389 e. The summed E-state index contributed by atoms with van der Waals surface area (Å²) < 4.78 is 4.87. The van der Waals surface area contributed by atoms with Crippen LogP contribution in [0.4, 0.5) is 5.82 Å². The number of anilines is 1. The molecule has 1 heterocycles. The van der Waals surface area contributed by atoms with Crippen molar-refractivity contribution in [3.05, 3.63) is 30.0 Å². The molecule has 5 nitrogen and oxygen atoms in total. The van der Waals surface area contributed by atoms with Gasteiger partial charge in [-0.25, -0.2) is 9.97 Å². The molecule has 0 amide bonds. The second-order valence-electron chi connectivity index (χ2n) is 4.14. The van der Waals surface area contributed by atoms with Gasteiger partial charge < -0.3 is 15.2 Å². The van der Waals surface area contributed by atoms with Crippen molar-refractivity contribution in [2.24, 2.45) is 0 Å². The van der Waals surface area contributed by atoms with Gasteiger partial charge in [-0.1, -0.05) is 12.1 Å². The summed E-state index contributed by atoms with van der Waals surface area (Å²) in [6.07, 6.45) is -0.553. The minimum atomic E-state index is -0.553. The van der Waals surface area contributed by atoms with Crippen LogP contribution in [-0.2, 0) is 4.74 Å². The van der Waals surface area contributed by atoms with E-state index in [9.17, 15) is 5.11 Å². The van der Waals surface area contributed by atoms with Gasteiger partial charge in [0.1, 0.15) is 5.82 Å². The molecule has 2 aromatic rings. The number of fused-ring (bicyclic) bond motifs is 1. The van der Waals surface area contributed by atoms with E-state index in [0.29, 0.717) is 19.0 Å². The molecule has 1 aromatic carbocycles. The molecule has 0 spiro atoms. The quantitative estimate of drug-likeness (QED) is 0.835. The molecule has 1 unspecified atom stereocenters. The van der Waals surface area contributed by atoms with E-state index in [0.717, 1.165) is 16.7 Å². The van der Waals surface area contributed by atoms with Crippen LogP contribution in [0.1, 0.15) is 5.69 Å². The van der Waals surface area contributed by atoms with Crippen molar-refractivity contribution >= 4 is 16.9 Å². The van der Waals surface area contributed by atoms with Gasteiger partial charge in [0.15, 0.2) is 0 Å². The molecule has 0 aliphatic heterocycles. The second-order valence-corrected chi connectivity index (χ2v) is 4.14. The Morgan fingerprint density at radius 2 is 1.94 bits per heavy atom. The van der Waals surface area contributed by atoms with Crippen LogP contribution in [0.2, 0.25) is 0 Å². The number of hydrogen-bond donors (Lipinski definition) is 2. The number of rotatable bonds is 5. The number of nitrogens with one attached hydrogen (secondary N) is 1. The average molecular weight is 247 g/mol. The smallest absolute Gasteiger partial charge is 0.148 e. The number of hydrogen-bond acceptors (Lipinski definition) is 5. The summed E-state index contributed by atoms with van der Waals surface area (Å²) in [6, 6.07) is 7.71. The third kappa shape index (κ3) is 2.94. The maximum atomic E-state index is 9.58. The Morgan fingerprint density at radius 1 is 1.28 bits per heavy atom. The fourth-order valence-electron chi connectivity index (χ4n) is 1.72. The highest BCUT2D eigenvalue weighted by molar-refractivity contribution is 5.76. The number of nitrogens with zero attached hydrogens (tertiary/aromatic N) is 2. The van der Waals surface area contributed by atoms with Crippen molar-refractivity contribution in [3.63, 3.8) is 0 Å². The molecular weight excluding hydrogens is 230 g/mol. The van der Waals surface area contributed by atoms with E-state index in [2.05, 4.69) is 15.3 Å². The lowest BCUT2D eigenvalue weighted by molar-refractivity contribution is 0.0727. The molecule has 0 fully saturated rings. The van der Waals surface area contributed by atoms with Crippen molar-refractivity contribution < 1.29 is 9.84 Å². The van der Waals surface area contributed by atoms with Gasteiger partial charge in [-0.05, 0) is 19.1 Å². The molecule has 2 rings (SSSR count). The molecule has 96 valence electrons. The van der Waals surface area contributed by atoms with Crippen LogP contribution in [-0.4, -0.2) is 41.4 Å².